The number of hydrogen-bond acceptors (Lipinski definition) is 5. The second kappa shape index (κ2) is 6.69. The van der Waals surface area contributed by atoms with Gasteiger partial charge >= 0.3 is 0 Å². The summed E-state index contributed by atoms with van der Waals surface area (Å²) in [4.78, 5) is 33.7. The van der Waals surface area contributed by atoms with E-state index in [4.69, 9.17) is 5.73 Å². The van der Waals surface area contributed by atoms with Gasteiger partial charge in [0.1, 0.15) is 11.7 Å². The molecule has 0 fully saturated rings. The van der Waals surface area contributed by atoms with E-state index in [0.717, 1.165) is 0 Å². The van der Waals surface area contributed by atoms with Crippen LogP contribution in [-0.2, 0) is 4.79 Å². The van der Waals surface area contributed by atoms with Crippen LogP contribution in [0.25, 0.3) is 0 Å². The maximum absolute atomic E-state index is 12.1. The van der Waals surface area contributed by atoms with Crippen LogP contribution >= 0.6 is 0 Å². The fraction of sp³-hybridized carbons (Fsp3) is 0.385. The predicted octanol–water partition coefficient (Wildman–Crippen LogP) is 0.876. The maximum atomic E-state index is 12.1. The van der Waals surface area contributed by atoms with Crippen molar-refractivity contribution in [2.45, 2.75) is 19.9 Å². The second-order valence-electron chi connectivity index (χ2n) is 4.84. The smallest absolute Gasteiger partial charge is 0.292 e. The summed E-state index contributed by atoms with van der Waals surface area (Å²) >= 11 is 0. The Kier molecular flexibility index (Phi) is 5.23. The lowest BCUT2D eigenvalue weighted by atomic mass is 10.0. The highest BCUT2D eigenvalue weighted by molar-refractivity contribution is 5.98. The van der Waals surface area contributed by atoms with E-state index in [-0.39, 0.29) is 22.9 Å². The Morgan fingerprint density at radius 2 is 1.95 bits per heavy atom. The van der Waals surface area contributed by atoms with Crippen LogP contribution in [-0.4, -0.2) is 29.8 Å². The van der Waals surface area contributed by atoms with Gasteiger partial charge in [0, 0.05) is 18.7 Å². The van der Waals surface area contributed by atoms with E-state index in [1.807, 2.05) is 0 Å². The largest absolute Gasteiger partial charge is 0.383 e. The summed E-state index contributed by atoms with van der Waals surface area (Å²) in [6.45, 7) is 3.51. The zero-order chi connectivity index (χ0) is 16.2. The van der Waals surface area contributed by atoms with Crippen molar-refractivity contribution in [1.29, 1.82) is 0 Å². The first-order chi connectivity index (χ1) is 9.77. The van der Waals surface area contributed by atoms with Gasteiger partial charge in [-0.2, -0.15) is 0 Å². The molecule has 0 bridgehead atoms. The lowest BCUT2D eigenvalue weighted by Gasteiger charge is -2.19. The highest BCUT2D eigenvalue weighted by Crippen LogP contribution is 2.24. The van der Waals surface area contributed by atoms with Gasteiger partial charge in [0.25, 0.3) is 11.6 Å². The van der Waals surface area contributed by atoms with Crippen LogP contribution in [0.5, 0.6) is 0 Å². The number of nitrogens with one attached hydrogen (secondary N) is 2. The number of amides is 2. The Hall–Kier alpha value is -2.64. The van der Waals surface area contributed by atoms with Gasteiger partial charge in [-0.05, 0) is 18.1 Å². The molecule has 1 unspecified atom stereocenters. The molecule has 0 saturated carbocycles. The third kappa shape index (κ3) is 3.91. The zero-order valence-electron chi connectivity index (χ0n) is 12.0. The molecule has 8 heteroatoms. The SMILES string of the molecule is CNc1cc(C(=O)NC(C(N)=O)C(C)C)ccc1[N+](=O)[O-]. The summed E-state index contributed by atoms with van der Waals surface area (Å²) in [6.07, 6.45) is 0. The lowest BCUT2D eigenvalue weighted by molar-refractivity contribution is -0.383. The van der Waals surface area contributed by atoms with E-state index >= 15 is 0 Å². The third-order valence-electron chi connectivity index (χ3n) is 2.98. The van der Waals surface area contributed by atoms with E-state index < -0.39 is 22.8 Å². The first kappa shape index (κ1) is 16.4. The Balaban J connectivity index is 3.03. The van der Waals surface area contributed by atoms with Crippen LogP contribution < -0.4 is 16.4 Å². The van der Waals surface area contributed by atoms with Gasteiger partial charge in [-0.25, -0.2) is 0 Å². The Morgan fingerprint density at radius 3 is 2.38 bits per heavy atom. The van der Waals surface area contributed by atoms with Crippen molar-refractivity contribution < 1.29 is 14.5 Å². The number of benzene rings is 1. The normalized spacial score (nSPS) is 11.8. The molecule has 0 heterocycles. The second-order valence-corrected chi connectivity index (χ2v) is 4.84. The molecule has 0 aliphatic carbocycles. The van der Waals surface area contributed by atoms with Crippen molar-refractivity contribution in [2.24, 2.45) is 11.7 Å². The Labute approximate surface area is 121 Å². The molecule has 8 nitrogen and oxygen atoms in total. The van der Waals surface area contributed by atoms with Crippen LogP contribution in [0, 0.1) is 16.0 Å². The van der Waals surface area contributed by atoms with Gasteiger partial charge < -0.3 is 16.4 Å². The molecule has 1 aromatic rings. The molecule has 114 valence electrons. The van der Waals surface area contributed by atoms with E-state index in [9.17, 15) is 19.7 Å². The van der Waals surface area contributed by atoms with Crippen LogP contribution in [0.3, 0.4) is 0 Å². The number of nitrogens with two attached hydrogens (primary N) is 1. The summed E-state index contributed by atoms with van der Waals surface area (Å²) in [7, 11) is 1.52. The van der Waals surface area contributed by atoms with Crippen LogP contribution in [0.1, 0.15) is 24.2 Å². The molecule has 21 heavy (non-hydrogen) atoms. The van der Waals surface area contributed by atoms with Gasteiger partial charge in [-0.15, -0.1) is 0 Å². The number of hydrogen-bond donors (Lipinski definition) is 3. The van der Waals surface area contributed by atoms with Crippen molar-refractivity contribution >= 4 is 23.2 Å². The number of nitro groups is 1. The predicted molar refractivity (Wildman–Crippen MR) is 77.9 cm³/mol. The molecule has 0 aliphatic rings. The summed E-state index contributed by atoms with van der Waals surface area (Å²) in [6, 6.07) is 3.11. The number of nitro benzene ring substituents is 1. The molecular weight excluding hydrogens is 276 g/mol. The van der Waals surface area contributed by atoms with Crippen molar-refractivity contribution in [3.05, 3.63) is 33.9 Å². The summed E-state index contributed by atoms with van der Waals surface area (Å²) in [5.41, 5.74) is 5.51. The van der Waals surface area contributed by atoms with Gasteiger partial charge in [-0.3, -0.25) is 19.7 Å². The molecule has 2 amide bonds. The monoisotopic (exact) mass is 294 g/mol. The lowest BCUT2D eigenvalue weighted by Crippen LogP contribution is -2.47. The molecule has 0 aliphatic heterocycles. The number of primary amides is 1. The average molecular weight is 294 g/mol. The molecule has 0 spiro atoms. The minimum atomic E-state index is -0.800. The summed E-state index contributed by atoms with van der Waals surface area (Å²) in [5.74, 6) is -1.30. The van der Waals surface area contributed by atoms with Crippen LogP contribution in [0.4, 0.5) is 11.4 Å². The van der Waals surface area contributed by atoms with Crippen molar-refractivity contribution in [1.82, 2.24) is 5.32 Å². The molecule has 1 rings (SSSR count). The topological polar surface area (TPSA) is 127 Å². The first-order valence-corrected chi connectivity index (χ1v) is 6.34. The molecule has 0 saturated heterocycles. The zero-order valence-corrected chi connectivity index (χ0v) is 12.0. The van der Waals surface area contributed by atoms with Crippen LogP contribution in [0.2, 0.25) is 0 Å². The molecule has 0 aromatic heterocycles. The Bertz CT molecular complexity index is 571. The van der Waals surface area contributed by atoms with Crippen molar-refractivity contribution in [2.75, 3.05) is 12.4 Å². The molecular formula is C13H18N4O4. The number of carbonyl (C=O) groups excluding carboxylic acids is 2. The number of nitrogens with zero attached hydrogens (tertiary/aromatic N) is 1. The van der Waals surface area contributed by atoms with Gasteiger partial charge in [0.2, 0.25) is 5.91 Å². The van der Waals surface area contributed by atoms with Gasteiger partial charge in [0.05, 0.1) is 4.92 Å². The molecule has 1 atom stereocenters. The van der Waals surface area contributed by atoms with E-state index in [1.54, 1.807) is 13.8 Å². The molecule has 4 N–H and O–H groups in total. The fourth-order valence-electron chi connectivity index (χ4n) is 1.83. The maximum Gasteiger partial charge on any atom is 0.292 e. The quantitative estimate of drug-likeness (QED) is 0.530. The molecule has 1 aromatic carbocycles. The molecule has 0 radical (unpaired) electrons. The third-order valence-corrected chi connectivity index (χ3v) is 2.98. The van der Waals surface area contributed by atoms with Crippen LogP contribution in [0.15, 0.2) is 18.2 Å². The standard InChI is InChI=1S/C13H18N4O4/c1-7(2)11(12(14)18)16-13(19)8-4-5-10(17(20)21)9(6-8)15-3/h4-7,11,15H,1-3H3,(H2,14,18)(H,16,19). The average Bonchev–Trinajstić information content (AvgIpc) is 2.42. The minimum Gasteiger partial charge on any atom is -0.383 e. The van der Waals surface area contributed by atoms with Gasteiger partial charge in [-0.1, -0.05) is 13.8 Å². The number of anilines is 1. The summed E-state index contributed by atoms with van der Waals surface area (Å²) < 4.78 is 0. The number of rotatable bonds is 6. The van der Waals surface area contributed by atoms with Crippen molar-refractivity contribution in [3.8, 4) is 0 Å². The van der Waals surface area contributed by atoms with Crippen molar-refractivity contribution in [3.63, 3.8) is 0 Å². The first-order valence-electron chi connectivity index (χ1n) is 6.34. The fourth-order valence-corrected chi connectivity index (χ4v) is 1.83. The minimum absolute atomic E-state index is 0.135. The van der Waals surface area contributed by atoms with E-state index in [0.29, 0.717) is 0 Å². The van der Waals surface area contributed by atoms with Gasteiger partial charge in [0.15, 0.2) is 0 Å². The highest BCUT2D eigenvalue weighted by Gasteiger charge is 2.23. The Morgan fingerprint density at radius 1 is 1.33 bits per heavy atom. The summed E-state index contributed by atoms with van der Waals surface area (Å²) in [5, 5.41) is 16.0. The highest BCUT2D eigenvalue weighted by atomic mass is 16.6. The van der Waals surface area contributed by atoms with E-state index in [2.05, 4.69) is 10.6 Å². The van der Waals surface area contributed by atoms with E-state index in [1.165, 1.54) is 25.2 Å². The number of carbonyl (C=O) groups is 2.